The van der Waals surface area contributed by atoms with E-state index in [1.807, 2.05) is 23.9 Å². The molecule has 0 aromatic rings. The average Bonchev–Trinajstić information content (AvgIpc) is 2.86. The highest BCUT2D eigenvalue weighted by Crippen LogP contribution is 2.63. The zero-order chi connectivity index (χ0) is 14.4. The van der Waals surface area contributed by atoms with Gasteiger partial charge in [-0.25, -0.2) is 0 Å². The molecule has 0 aromatic carbocycles. The van der Waals surface area contributed by atoms with E-state index < -0.39 is 5.60 Å². The molecule has 3 fully saturated rings. The smallest absolute Gasteiger partial charge is 0.226 e. The third kappa shape index (κ3) is 2.60. The van der Waals surface area contributed by atoms with E-state index in [-0.39, 0.29) is 0 Å². The molecule has 1 aliphatic heterocycles. The van der Waals surface area contributed by atoms with Gasteiger partial charge >= 0.3 is 0 Å². The summed E-state index contributed by atoms with van der Waals surface area (Å²) in [6, 6.07) is 0. The Morgan fingerprint density at radius 2 is 1.80 bits per heavy atom. The molecule has 3 rings (SSSR count). The van der Waals surface area contributed by atoms with Gasteiger partial charge in [0.1, 0.15) is 0 Å². The first-order chi connectivity index (χ1) is 9.44. The van der Waals surface area contributed by atoms with Crippen molar-refractivity contribution >= 4 is 5.91 Å². The van der Waals surface area contributed by atoms with E-state index in [2.05, 4.69) is 0 Å². The molecule has 20 heavy (non-hydrogen) atoms. The highest BCUT2D eigenvalue weighted by atomic mass is 16.3. The molecule has 1 amide bonds. The van der Waals surface area contributed by atoms with Gasteiger partial charge in [-0.05, 0) is 51.6 Å². The Morgan fingerprint density at radius 1 is 1.20 bits per heavy atom. The Kier molecular flexibility index (Phi) is 3.57. The molecule has 1 atom stereocenters. The van der Waals surface area contributed by atoms with Crippen LogP contribution in [0.1, 0.15) is 44.9 Å². The number of hydrogen-bond donors (Lipinski definition) is 1. The molecular formula is C16H28N2O2. The van der Waals surface area contributed by atoms with Crippen molar-refractivity contribution in [2.45, 2.75) is 50.5 Å². The molecule has 0 unspecified atom stereocenters. The summed E-state index contributed by atoms with van der Waals surface area (Å²) < 4.78 is 0. The van der Waals surface area contributed by atoms with Crippen LogP contribution < -0.4 is 0 Å². The third-order valence-corrected chi connectivity index (χ3v) is 5.70. The van der Waals surface area contributed by atoms with E-state index in [1.165, 1.54) is 25.7 Å². The SMILES string of the molecule is CN(C)CC1(O)CCN(C(=O)[C@@H]2CC23CCCC3)CC1. The Hall–Kier alpha value is -0.610. The summed E-state index contributed by atoms with van der Waals surface area (Å²) >= 11 is 0. The highest BCUT2D eigenvalue weighted by Gasteiger charge is 2.59. The zero-order valence-corrected chi connectivity index (χ0v) is 12.9. The number of nitrogens with zero attached hydrogens (tertiary/aromatic N) is 2. The van der Waals surface area contributed by atoms with Crippen LogP contribution >= 0.6 is 0 Å². The van der Waals surface area contributed by atoms with Gasteiger partial charge in [0.15, 0.2) is 0 Å². The van der Waals surface area contributed by atoms with Crippen molar-refractivity contribution in [3.05, 3.63) is 0 Å². The molecule has 4 heteroatoms. The summed E-state index contributed by atoms with van der Waals surface area (Å²) in [6.45, 7) is 2.16. The van der Waals surface area contributed by atoms with Crippen LogP contribution in [-0.2, 0) is 4.79 Å². The molecule has 1 heterocycles. The van der Waals surface area contributed by atoms with Crippen LogP contribution in [-0.4, -0.2) is 60.1 Å². The van der Waals surface area contributed by atoms with Crippen molar-refractivity contribution in [2.24, 2.45) is 11.3 Å². The first-order valence-corrected chi connectivity index (χ1v) is 8.10. The minimum atomic E-state index is -0.602. The van der Waals surface area contributed by atoms with E-state index >= 15 is 0 Å². The van der Waals surface area contributed by atoms with Crippen LogP contribution in [0.5, 0.6) is 0 Å². The Bertz CT molecular complexity index is 380. The maximum absolute atomic E-state index is 12.6. The number of likely N-dealkylation sites (tertiary alicyclic amines) is 1. The lowest BCUT2D eigenvalue weighted by Gasteiger charge is -2.39. The summed E-state index contributed by atoms with van der Waals surface area (Å²) in [5.41, 5.74) is -0.205. The lowest BCUT2D eigenvalue weighted by molar-refractivity contribution is -0.138. The minimum absolute atomic E-state index is 0.310. The van der Waals surface area contributed by atoms with Crippen molar-refractivity contribution in [1.29, 1.82) is 0 Å². The first-order valence-electron chi connectivity index (χ1n) is 8.10. The number of carbonyl (C=O) groups excluding carboxylic acids is 1. The summed E-state index contributed by atoms with van der Waals surface area (Å²) in [5.74, 6) is 0.684. The van der Waals surface area contributed by atoms with E-state index in [9.17, 15) is 9.90 Å². The number of likely N-dealkylation sites (N-methyl/N-ethyl adjacent to an activating group) is 1. The fraction of sp³-hybridized carbons (Fsp3) is 0.938. The molecule has 2 aliphatic carbocycles. The van der Waals surface area contributed by atoms with Crippen molar-refractivity contribution in [1.82, 2.24) is 9.80 Å². The van der Waals surface area contributed by atoms with Crippen LogP contribution in [0.25, 0.3) is 0 Å². The predicted octanol–water partition coefficient (Wildman–Crippen LogP) is 1.48. The van der Waals surface area contributed by atoms with Gasteiger partial charge < -0.3 is 14.9 Å². The minimum Gasteiger partial charge on any atom is -0.388 e. The van der Waals surface area contributed by atoms with E-state index in [1.54, 1.807) is 0 Å². The molecule has 114 valence electrons. The number of amides is 1. The van der Waals surface area contributed by atoms with Crippen molar-refractivity contribution in [3.63, 3.8) is 0 Å². The standard InChI is InChI=1S/C16H28N2O2/c1-17(2)12-16(20)7-9-18(10-8-16)14(19)13-11-15(13)5-3-4-6-15/h13,20H,3-12H2,1-2H3/t13-/m0/s1. The van der Waals surface area contributed by atoms with Gasteiger partial charge in [-0.15, -0.1) is 0 Å². The number of aliphatic hydroxyl groups is 1. The van der Waals surface area contributed by atoms with Gasteiger partial charge in [0.2, 0.25) is 5.91 Å². The number of carbonyl (C=O) groups is 1. The summed E-state index contributed by atoms with van der Waals surface area (Å²) in [7, 11) is 3.98. The van der Waals surface area contributed by atoms with Gasteiger partial charge in [-0.2, -0.15) is 0 Å². The number of piperidine rings is 1. The largest absolute Gasteiger partial charge is 0.388 e. The molecule has 2 saturated carbocycles. The highest BCUT2D eigenvalue weighted by molar-refractivity contribution is 5.83. The molecule has 1 N–H and O–H groups in total. The van der Waals surface area contributed by atoms with E-state index in [4.69, 9.17) is 0 Å². The normalized spacial score (nSPS) is 31.0. The Balaban J connectivity index is 1.52. The number of hydrogen-bond acceptors (Lipinski definition) is 3. The van der Waals surface area contributed by atoms with Gasteiger partial charge in [0, 0.05) is 25.6 Å². The van der Waals surface area contributed by atoms with Gasteiger partial charge in [-0.3, -0.25) is 4.79 Å². The van der Waals surface area contributed by atoms with Crippen LogP contribution in [0.15, 0.2) is 0 Å². The Labute approximate surface area is 122 Å². The molecule has 3 aliphatic rings. The van der Waals surface area contributed by atoms with Crippen molar-refractivity contribution < 1.29 is 9.90 Å². The molecule has 0 radical (unpaired) electrons. The molecule has 0 bridgehead atoms. The van der Waals surface area contributed by atoms with Crippen LogP contribution in [0.2, 0.25) is 0 Å². The topological polar surface area (TPSA) is 43.8 Å². The first kappa shape index (κ1) is 14.3. The number of rotatable bonds is 3. The van der Waals surface area contributed by atoms with Gasteiger partial charge in [-0.1, -0.05) is 12.8 Å². The molecule has 0 aromatic heterocycles. The van der Waals surface area contributed by atoms with Gasteiger partial charge in [0.25, 0.3) is 0 Å². The van der Waals surface area contributed by atoms with E-state index in [0.717, 1.165) is 32.4 Å². The van der Waals surface area contributed by atoms with Crippen LogP contribution in [0.4, 0.5) is 0 Å². The second-order valence-electron chi connectivity index (χ2n) is 7.61. The predicted molar refractivity (Wildman–Crippen MR) is 78.3 cm³/mol. The van der Waals surface area contributed by atoms with Crippen molar-refractivity contribution in [3.8, 4) is 0 Å². The summed E-state index contributed by atoms with van der Waals surface area (Å²) in [4.78, 5) is 16.6. The summed E-state index contributed by atoms with van der Waals surface area (Å²) in [6.07, 6.45) is 7.72. The summed E-state index contributed by atoms with van der Waals surface area (Å²) in [5, 5.41) is 10.5. The molecule has 1 spiro atoms. The maximum atomic E-state index is 12.6. The lowest BCUT2D eigenvalue weighted by Crippen LogP contribution is -2.51. The monoisotopic (exact) mass is 280 g/mol. The van der Waals surface area contributed by atoms with Crippen LogP contribution in [0.3, 0.4) is 0 Å². The second-order valence-corrected chi connectivity index (χ2v) is 7.61. The van der Waals surface area contributed by atoms with Crippen LogP contribution in [0, 0.1) is 11.3 Å². The van der Waals surface area contributed by atoms with E-state index in [0.29, 0.717) is 23.8 Å². The zero-order valence-electron chi connectivity index (χ0n) is 12.9. The van der Waals surface area contributed by atoms with Crippen molar-refractivity contribution in [2.75, 3.05) is 33.7 Å². The molecule has 4 nitrogen and oxygen atoms in total. The quantitative estimate of drug-likeness (QED) is 0.851. The molecular weight excluding hydrogens is 252 g/mol. The Morgan fingerprint density at radius 3 is 2.35 bits per heavy atom. The maximum Gasteiger partial charge on any atom is 0.226 e. The van der Waals surface area contributed by atoms with Gasteiger partial charge in [0.05, 0.1) is 5.60 Å². The fourth-order valence-corrected chi connectivity index (χ4v) is 4.44. The lowest BCUT2D eigenvalue weighted by atomic mass is 9.90. The average molecular weight is 280 g/mol. The fourth-order valence-electron chi connectivity index (χ4n) is 4.44. The second kappa shape index (κ2) is 4.99. The molecule has 1 saturated heterocycles. The third-order valence-electron chi connectivity index (χ3n) is 5.70.